The molecule has 4 amide bonds. The molecular weight excluding hydrogens is 806 g/mol. The second-order valence-electron chi connectivity index (χ2n) is 18.3. The third-order valence-electron chi connectivity index (χ3n) is 14.8. The standard InChI is InChI=1S/C48H60FN7O7/c1-4-48(63-3)44(56(47(48)61)38-7-5-6-8-41(38)57)36-26-37(49)40(27-42(36)62-2)54-19-15-32(16-20-54)29-52-23-21-51(22-24-52)28-31-13-17-53(18-14-31)34-9-10-35-33(25-34)30-55(46(35)60)39-11-12-43(58)50-45(39)59/h5-10,25-27,31-32,39,44,57H,4,11-24,28-30H2,1-3H3,(H,50,58,59)/t39?,44-,48-/m0/s1. The number of phenolic OH excluding ortho intramolecular Hbond substituents is 1. The number of hydrogen-bond acceptors (Lipinski definition) is 11. The fourth-order valence-electron chi connectivity index (χ4n) is 11.1. The van der Waals surface area contributed by atoms with Gasteiger partial charge in [-0.3, -0.25) is 29.4 Å². The highest BCUT2D eigenvalue weighted by atomic mass is 19.1. The quantitative estimate of drug-likeness (QED) is 0.189. The number of hydrogen-bond donors (Lipinski definition) is 2. The summed E-state index contributed by atoms with van der Waals surface area (Å²) in [6, 6.07) is 14.7. The summed E-state index contributed by atoms with van der Waals surface area (Å²) >= 11 is 0. The second-order valence-corrected chi connectivity index (χ2v) is 18.3. The first-order valence-electron chi connectivity index (χ1n) is 22.8. The minimum Gasteiger partial charge on any atom is -0.506 e. The van der Waals surface area contributed by atoms with E-state index in [1.807, 2.05) is 19.1 Å². The number of imide groups is 1. The van der Waals surface area contributed by atoms with Gasteiger partial charge in [-0.2, -0.15) is 0 Å². The number of fused-ring (bicyclic) bond motifs is 1. The molecule has 6 heterocycles. The van der Waals surface area contributed by atoms with Crippen LogP contribution in [0, 0.1) is 17.7 Å². The van der Waals surface area contributed by atoms with Gasteiger partial charge in [0.1, 0.15) is 29.4 Å². The van der Waals surface area contributed by atoms with E-state index in [1.54, 1.807) is 36.3 Å². The van der Waals surface area contributed by atoms with Crippen molar-refractivity contribution in [1.29, 1.82) is 0 Å². The van der Waals surface area contributed by atoms with Gasteiger partial charge in [-0.15, -0.1) is 0 Å². The summed E-state index contributed by atoms with van der Waals surface area (Å²) in [5, 5.41) is 13.0. The highest BCUT2D eigenvalue weighted by molar-refractivity contribution is 6.09. The Bertz CT molecular complexity index is 2230. The number of benzene rings is 3. The zero-order valence-corrected chi connectivity index (χ0v) is 36.7. The molecule has 2 N–H and O–H groups in total. The van der Waals surface area contributed by atoms with Crippen molar-refractivity contribution < 1.29 is 38.1 Å². The smallest absolute Gasteiger partial charge is 0.262 e. The predicted octanol–water partition coefficient (Wildman–Crippen LogP) is 4.93. The lowest BCUT2D eigenvalue weighted by Gasteiger charge is -2.55. The molecule has 0 spiro atoms. The van der Waals surface area contributed by atoms with E-state index in [0.717, 1.165) is 102 Å². The summed E-state index contributed by atoms with van der Waals surface area (Å²) in [6.45, 7) is 12.1. The monoisotopic (exact) mass is 865 g/mol. The number of rotatable bonds is 12. The predicted molar refractivity (Wildman–Crippen MR) is 237 cm³/mol. The van der Waals surface area contributed by atoms with E-state index in [1.165, 1.54) is 24.1 Å². The Morgan fingerprint density at radius 2 is 1.44 bits per heavy atom. The van der Waals surface area contributed by atoms with Gasteiger partial charge in [-0.05, 0) is 92.3 Å². The number of amides is 4. The lowest BCUT2D eigenvalue weighted by atomic mass is 9.75. The van der Waals surface area contributed by atoms with Crippen LogP contribution in [0.5, 0.6) is 11.5 Å². The summed E-state index contributed by atoms with van der Waals surface area (Å²) < 4.78 is 27.9. The Morgan fingerprint density at radius 1 is 0.794 bits per heavy atom. The van der Waals surface area contributed by atoms with Gasteiger partial charge in [0, 0.05) is 108 Å². The number of para-hydroxylation sites is 2. The number of halogens is 1. The lowest BCUT2D eigenvalue weighted by Crippen LogP contribution is -2.69. The third kappa shape index (κ3) is 8.01. The Morgan fingerprint density at radius 3 is 2.05 bits per heavy atom. The molecule has 9 rings (SSSR count). The molecule has 3 atom stereocenters. The Hall–Kier alpha value is -5.25. The number of carbonyl (C=O) groups is 4. The van der Waals surface area contributed by atoms with E-state index < -0.39 is 17.7 Å². The van der Waals surface area contributed by atoms with Crippen LogP contribution in [0.15, 0.2) is 54.6 Å². The minimum absolute atomic E-state index is 0.0377. The molecule has 14 nitrogen and oxygen atoms in total. The van der Waals surface area contributed by atoms with Gasteiger partial charge < -0.3 is 39.1 Å². The topological polar surface area (TPSA) is 138 Å². The number of nitrogens with one attached hydrogen (secondary N) is 1. The van der Waals surface area contributed by atoms with Gasteiger partial charge in [0.2, 0.25) is 11.8 Å². The maximum atomic E-state index is 16.2. The van der Waals surface area contributed by atoms with E-state index >= 15 is 4.39 Å². The van der Waals surface area contributed by atoms with E-state index in [0.29, 0.717) is 59.5 Å². The first kappa shape index (κ1) is 43.0. The Kier molecular flexibility index (Phi) is 12.1. The molecular formula is C48H60FN7O7. The van der Waals surface area contributed by atoms with Crippen LogP contribution in [0.25, 0.3) is 0 Å². The second kappa shape index (κ2) is 17.7. The lowest BCUT2D eigenvalue weighted by molar-refractivity contribution is -0.160. The number of β-lactam (4-membered cyclic amide) rings is 1. The van der Waals surface area contributed by atoms with E-state index in [4.69, 9.17) is 9.47 Å². The van der Waals surface area contributed by atoms with Crippen LogP contribution in [0.4, 0.5) is 21.5 Å². The number of carbonyl (C=O) groups excluding carboxylic acids is 4. The van der Waals surface area contributed by atoms with Gasteiger partial charge in [0.05, 0.1) is 18.5 Å². The average molecular weight is 866 g/mol. The van der Waals surface area contributed by atoms with Crippen molar-refractivity contribution in [3.63, 3.8) is 0 Å². The van der Waals surface area contributed by atoms with Crippen molar-refractivity contribution in [2.45, 2.75) is 76.1 Å². The fourth-order valence-corrected chi connectivity index (χ4v) is 11.1. The summed E-state index contributed by atoms with van der Waals surface area (Å²) in [6.07, 6.45) is 5.17. The van der Waals surface area contributed by atoms with E-state index in [-0.39, 0.29) is 41.6 Å². The molecule has 5 saturated heterocycles. The molecule has 63 heavy (non-hydrogen) atoms. The average Bonchev–Trinajstić information content (AvgIpc) is 3.62. The minimum atomic E-state index is -1.21. The number of phenols is 1. The van der Waals surface area contributed by atoms with Gasteiger partial charge in [-0.1, -0.05) is 19.1 Å². The molecule has 3 aromatic rings. The van der Waals surface area contributed by atoms with E-state index in [9.17, 15) is 24.3 Å². The third-order valence-corrected chi connectivity index (χ3v) is 14.8. The molecule has 6 aliphatic heterocycles. The number of anilines is 3. The Labute approximate surface area is 368 Å². The molecule has 3 aromatic carbocycles. The van der Waals surface area contributed by atoms with Gasteiger partial charge in [-0.25, -0.2) is 4.39 Å². The molecule has 336 valence electrons. The van der Waals surface area contributed by atoms with Crippen LogP contribution in [0.3, 0.4) is 0 Å². The number of aromatic hydroxyl groups is 1. The van der Waals surface area contributed by atoms with Crippen LogP contribution < -0.4 is 24.8 Å². The van der Waals surface area contributed by atoms with Crippen molar-refractivity contribution in [2.75, 3.05) is 94.4 Å². The summed E-state index contributed by atoms with van der Waals surface area (Å²) in [5.41, 5.74) is 2.85. The Balaban J connectivity index is 0.734. The van der Waals surface area contributed by atoms with Crippen molar-refractivity contribution in [3.05, 3.63) is 77.1 Å². The van der Waals surface area contributed by atoms with Crippen molar-refractivity contribution in [1.82, 2.24) is 20.0 Å². The molecule has 15 heteroatoms. The zero-order chi connectivity index (χ0) is 44.0. The highest BCUT2D eigenvalue weighted by Gasteiger charge is 2.63. The molecule has 0 saturated carbocycles. The molecule has 0 radical (unpaired) electrons. The molecule has 1 unspecified atom stereocenters. The number of ether oxygens (including phenoxy) is 2. The van der Waals surface area contributed by atoms with Gasteiger partial charge >= 0.3 is 0 Å². The maximum absolute atomic E-state index is 16.2. The first-order valence-corrected chi connectivity index (χ1v) is 22.8. The van der Waals surface area contributed by atoms with Crippen LogP contribution >= 0.6 is 0 Å². The number of piperidine rings is 3. The summed E-state index contributed by atoms with van der Waals surface area (Å²) in [7, 11) is 3.06. The molecule has 0 bridgehead atoms. The SMILES string of the molecule is CC[C@@]1(OC)C(=O)N(c2ccccc2O)[C@H]1c1cc(F)c(N2CCC(CN3CCN(CC4CCN(c5ccc6c(c5)CN(C5CCC(=O)NC5=O)C6=O)CC4)CC3)CC2)cc1OC. The normalized spacial score (nSPS) is 25.4. The summed E-state index contributed by atoms with van der Waals surface area (Å²) in [5.74, 6) is 0.167. The number of nitrogens with zero attached hydrogens (tertiary/aromatic N) is 6. The van der Waals surface area contributed by atoms with Crippen LogP contribution in [0.2, 0.25) is 0 Å². The molecule has 6 aliphatic rings. The highest BCUT2D eigenvalue weighted by Crippen LogP contribution is 2.54. The summed E-state index contributed by atoms with van der Waals surface area (Å²) in [4.78, 5) is 63.8. The van der Waals surface area contributed by atoms with E-state index in [2.05, 4.69) is 31.0 Å². The van der Waals surface area contributed by atoms with Gasteiger partial charge in [0.25, 0.3) is 11.8 Å². The van der Waals surface area contributed by atoms with Crippen molar-refractivity contribution >= 4 is 40.7 Å². The van der Waals surface area contributed by atoms with Crippen LogP contribution in [-0.2, 0) is 25.7 Å². The fraction of sp³-hybridized carbons (Fsp3) is 0.542. The molecule has 0 aliphatic carbocycles. The number of piperazine rings is 1. The molecule has 5 fully saturated rings. The molecule has 0 aromatic heterocycles. The zero-order valence-electron chi connectivity index (χ0n) is 36.7. The van der Waals surface area contributed by atoms with Gasteiger partial charge in [0.15, 0.2) is 5.60 Å². The van der Waals surface area contributed by atoms with Crippen molar-refractivity contribution in [2.24, 2.45) is 11.8 Å². The maximum Gasteiger partial charge on any atom is 0.262 e. The number of methoxy groups -OCH3 is 2. The van der Waals surface area contributed by atoms with Crippen LogP contribution in [0.1, 0.15) is 79.4 Å². The largest absolute Gasteiger partial charge is 0.506 e. The van der Waals surface area contributed by atoms with Crippen LogP contribution in [-0.4, -0.2) is 135 Å². The first-order chi connectivity index (χ1) is 30.5. The van der Waals surface area contributed by atoms with Crippen molar-refractivity contribution in [3.8, 4) is 11.5 Å².